The molecular formula is C58H40N2. The molecule has 12 rings (SSSR count). The summed E-state index contributed by atoms with van der Waals surface area (Å²) in [7, 11) is 0. The van der Waals surface area contributed by atoms with E-state index in [9.17, 15) is 0 Å². The molecular weight excluding hydrogens is 725 g/mol. The first-order valence-corrected chi connectivity index (χ1v) is 20.8. The number of aromatic nitrogens is 2. The number of benzene rings is 10. The van der Waals surface area contributed by atoms with Gasteiger partial charge in [-0.15, -0.1) is 0 Å². The Morgan fingerprint density at radius 3 is 1.28 bits per heavy atom. The van der Waals surface area contributed by atoms with Gasteiger partial charge in [-0.3, -0.25) is 0 Å². The highest BCUT2D eigenvalue weighted by Crippen LogP contribution is 2.44. The van der Waals surface area contributed by atoms with E-state index >= 15 is 0 Å². The fourth-order valence-electron chi connectivity index (χ4n) is 9.92. The molecule has 0 bridgehead atoms. The molecule has 0 radical (unpaired) electrons. The van der Waals surface area contributed by atoms with Crippen LogP contribution in [0.5, 0.6) is 0 Å². The Labute approximate surface area is 348 Å². The van der Waals surface area contributed by atoms with Crippen molar-refractivity contribution >= 4 is 65.2 Å². The normalized spacial score (nSPS) is 11.8. The van der Waals surface area contributed by atoms with E-state index in [1.807, 2.05) is 0 Å². The van der Waals surface area contributed by atoms with Crippen LogP contribution in [-0.2, 0) is 0 Å². The molecule has 0 aliphatic rings. The summed E-state index contributed by atoms with van der Waals surface area (Å²) in [5.74, 6) is 0. The van der Waals surface area contributed by atoms with Crippen molar-refractivity contribution in [2.24, 2.45) is 0 Å². The topological polar surface area (TPSA) is 9.86 Å². The average Bonchev–Trinajstić information content (AvgIpc) is 3.80. The van der Waals surface area contributed by atoms with Gasteiger partial charge in [-0.2, -0.15) is 0 Å². The third kappa shape index (κ3) is 5.28. The maximum Gasteiger partial charge on any atom is 0.0541 e. The van der Waals surface area contributed by atoms with E-state index in [1.165, 1.54) is 115 Å². The summed E-state index contributed by atoms with van der Waals surface area (Å²) in [4.78, 5) is 0. The molecule has 0 N–H and O–H groups in total. The lowest BCUT2D eigenvalue weighted by atomic mass is 9.86. The molecule has 10 aromatic carbocycles. The standard InChI is InChI=1S/C58H40N2/c1-37-13-12-16-44(33-37)60-54-30-23-38(2)34-50(54)52-36-42(27-32-56(52)60)41-26-31-55-51(35-41)45-17-10-11-22-53(45)59(55)43-28-24-40(25-29-43)58-48-20-8-6-18-46(48)57(39-14-4-3-5-15-39)47-19-7-9-21-49(47)58/h3-36H,1-2H3. The van der Waals surface area contributed by atoms with E-state index in [0.717, 1.165) is 5.69 Å². The van der Waals surface area contributed by atoms with Gasteiger partial charge < -0.3 is 9.13 Å². The Morgan fingerprint density at radius 1 is 0.250 bits per heavy atom. The van der Waals surface area contributed by atoms with Crippen molar-refractivity contribution < 1.29 is 0 Å². The second kappa shape index (κ2) is 13.4. The molecule has 0 spiro atoms. The third-order valence-electron chi connectivity index (χ3n) is 12.6. The fraction of sp³-hybridized carbons (Fsp3) is 0.0345. The Hall–Kier alpha value is -7.68. The molecule has 2 nitrogen and oxygen atoms in total. The van der Waals surface area contributed by atoms with Crippen molar-refractivity contribution in [2.45, 2.75) is 13.8 Å². The van der Waals surface area contributed by atoms with E-state index < -0.39 is 0 Å². The van der Waals surface area contributed by atoms with Gasteiger partial charge in [0, 0.05) is 32.9 Å². The van der Waals surface area contributed by atoms with Crippen LogP contribution in [0.15, 0.2) is 206 Å². The number of nitrogens with zero attached hydrogens (tertiary/aromatic N) is 2. The first kappa shape index (κ1) is 34.4. The minimum Gasteiger partial charge on any atom is -0.309 e. The molecule has 0 saturated carbocycles. The highest BCUT2D eigenvalue weighted by atomic mass is 15.0. The zero-order valence-electron chi connectivity index (χ0n) is 33.5. The van der Waals surface area contributed by atoms with Crippen LogP contribution in [0.1, 0.15) is 11.1 Å². The number of hydrogen-bond acceptors (Lipinski definition) is 0. The van der Waals surface area contributed by atoms with Gasteiger partial charge in [-0.25, -0.2) is 0 Å². The summed E-state index contributed by atoms with van der Waals surface area (Å²) in [6, 6.07) is 76.2. The minimum absolute atomic E-state index is 1.15. The van der Waals surface area contributed by atoms with Crippen LogP contribution in [0.3, 0.4) is 0 Å². The molecule has 60 heavy (non-hydrogen) atoms. The molecule has 12 aromatic rings. The number of para-hydroxylation sites is 1. The molecule has 0 amide bonds. The summed E-state index contributed by atoms with van der Waals surface area (Å²) in [6.45, 7) is 4.35. The summed E-state index contributed by atoms with van der Waals surface area (Å²) in [5, 5.41) is 10.1. The summed E-state index contributed by atoms with van der Waals surface area (Å²) in [6.07, 6.45) is 0. The number of rotatable bonds is 5. The van der Waals surface area contributed by atoms with Gasteiger partial charge in [0.25, 0.3) is 0 Å². The van der Waals surface area contributed by atoms with Crippen molar-refractivity contribution in [3.8, 4) is 44.8 Å². The molecule has 282 valence electrons. The maximum atomic E-state index is 2.42. The summed E-state index contributed by atoms with van der Waals surface area (Å²) >= 11 is 0. The van der Waals surface area contributed by atoms with E-state index in [2.05, 4.69) is 229 Å². The molecule has 0 fully saturated rings. The average molecular weight is 765 g/mol. The zero-order valence-corrected chi connectivity index (χ0v) is 33.5. The minimum atomic E-state index is 1.15. The van der Waals surface area contributed by atoms with Gasteiger partial charge in [-0.05, 0) is 141 Å². The van der Waals surface area contributed by atoms with Crippen LogP contribution in [0.25, 0.3) is 110 Å². The van der Waals surface area contributed by atoms with Crippen LogP contribution in [0, 0.1) is 13.8 Å². The Balaban J connectivity index is 0.992. The van der Waals surface area contributed by atoms with Crippen LogP contribution >= 0.6 is 0 Å². The lowest BCUT2D eigenvalue weighted by Crippen LogP contribution is -1.95. The smallest absolute Gasteiger partial charge is 0.0541 e. The largest absolute Gasteiger partial charge is 0.309 e. The lowest BCUT2D eigenvalue weighted by molar-refractivity contribution is 1.17. The molecule has 0 saturated heterocycles. The second-order valence-corrected chi connectivity index (χ2v) is 16.3. The number of aryl methyl sites for hydroxylation is 2. The fourth-order valence-corrected chi connectivity index (χ4v) is 9.92. The van der Waals surface area contributed by atoms with Crippen LogP contribution in [0.4, 0.5) is 0 Å². The highest BCUT2D eigenvalue weighted by Gasteiger charge is 2.19. The van der Waals surface area contributed by atoms with Crippen molar-refractivity contribution in [1.29, 1.82) is 0 Å². The highest BCUT2D eigenvalue weighted by molar-refractivity contribution is 6.21. The number of hydrogen-bond donors (Lipinski definition) is 0. The Bertz CT molecular complexity index is 3600. The van der Waals surface area contributed by atoms with Crippen molar-refractivity contribution in [2.75, 3.05) is 0 Å². The first-order chi connectivity index (χ1) is 29.6. The van der Waals surface area contributed by atoms with Gasteiger partial charge in [0.15, 0.2) is 0 Å². The van der Waals surface area contributed by atoms with Crippen molar-refractivity contribution in [3.05, 3.63) is 217 Å². The zero-order chi connectivity index (χ0) is 39.9. The van der Waals surface area contributed by atoms with E-state index in [1.54, 1.807) is 0 Å². The quantitative estimate of drug-likeness (QED) is 0.155. The van der Waals surface area contributed by atoms with Gasteiger partial charge in [-0.1, -0.05) is 145 Å². The Kier molecular flexibility index (Phi) is 7.70. The third-order valence-corrected chi connectivity index (χ3v) is 12.6. The van der Waals surface area contributed by atoms with Crippen LogP contribution < -0.4 is 0 Å². The summed E-state index contributed by atoms with van der Waals surface area (Å²) in [5.41, 5.74) is 17.1. The van der Waals surface area contributed by atoms with Crippen LogP contribution in [-0.4, -0.2) is 9.13 Å². The monoisotopic (exact) mass is 764 g/mol. The SMILES string of the molecule is Cc1cccc(-n2c3ccc(C)cc3c3cc(-c4ccc5c(c4)c4ccccc4n5-c4ccc(-c5c6ccccc6c(-c6ccccc6)c6ccccc56)cc4)ccc32)c1. The Morgan fingerprint density at radius 2 is 0.683 bits per heavy atom. The lowest BCUT2D eigenvalue weighted by Gasteiger charge is -2.18. The van der Waals surface area contributed by atoms with E-state index in [-0.39, 0.29) is 0 Å². The number of fused-ring (bicyclic) bond motifs is 8. The van der Waals surface area contributed by atoms with Gasteiger partial charge >= 0.3 is 0 Å². The molecule has 2 heterocycles. The predicted molar refractivity (Wildman–Crippen MR) is 256 cm³/mol. The first-order valence-electron chi connectivity index (χ1n) is 20.8. The van der Waals surface area contributed by atoms with Crippen molar-refractivity contribution in [3.63, 3.8) is 0 Å². The molecule has 0 aliphatic heterocycles. The van der Waals surface area contributed by atoms with E-state index in [4.69, 9.17) is 0 Å². The molecule has 0 unspecified atom stereocenters. The van der Waals surface area contributed by atoms with Gasteiger partial charge in [0.1, 0.15) is 0 Å². The summed E-state index contributed by atoms with van der Waals surface area (Å²) < 4.78 is 4.84. The van der Waals surface area contributed by atoms with Gasteiger partial charge in [0.05, 0.1) is 22.1 Å². The molecule has 0 atom stereocenters. The second-order valence-electron chi connectivity index (χ2n) is 16.3. The maximum absolute atomic E-state index is 2.42. The van der Waals surface area contributed by atoms with Crippen molar-refractivity contribution in [1.82, 2.24) is 9.13 Å². The van der Waals surface area contributed by atoms with E-state index in [0.29, 0.717) is 0 Å². The molecule has 2 heteroatoms. The van der Waals surface area contributed by atoms with Gasteiger partial charge in [0.2, 0.25) is 0 Å². The van der Waals surface area contributed by atoms with Crippen LogP contribution in [0.2, 0.25) is 0 Å². The molecule has 0 aliphatic carbocycles. The molecule has 2 aromatic heterocycles. The predicted octanol–water partition coefficient (Wildman–Crippen LogP) is 15.8.